The molecule has 0 bridgehead atoms. The van der Waals surface area contributed by atoms with Crippen LogP contribution in [0.15, 0.2) is 53.4 Å². The second-order valence-corrected chi connectivity index (χ2v) is 5.97. The largest absolute Gasteiger partial charge is 0.420 e. The summed E-state index contributed by atoms with van der Waals surface area (Å²) < 4.78 is 66.9. The van der Waals surface area contributed by atoms with Gasteiger partial charge in [0.1, 0.15) is 4.90 Å². The fraction of sp³-hybridized carbons (Fsp3) is 0.0769. The van der Waals surface area contributed by atoms with Crippen molar-refractivity contribution in [3.05, 3.63) is 59.1 Å². The summed E-state index contributed by atoms with van der Waals surface area (Å²) in [4.78, 5) is -0.327. The van der Waals surface area contributed by atoms with Crippen LogP contribution in [0.3, 0.4) is 0 Å². The smallest absolute Gasteiger partial charge is 0.378 e. The Morgan fingerprint density at radius 2 is 1.67 bits per heavy atom. The van der Waals surface area contributed by atoms with E-state index < -0.39 is 27.6 Å². The molecule has 0 aromatic heterocycles. The molecule has 0 radical (unpaired) electrons. The minimum atomic E-state index is -4.72. The Kier molecular flexibility index (Phi) is 4.15. The predicted molar refractivity (Wildman–Crippen MR) is 70.7 cm³/mol. The summed E-state index contributed by atoms with van der Waals surface area (Å²) >= 11 is 5.66. The highest BCUT2D eigenvalue weighted by atomic mass is 35.5. The molecule has 0 saturated carbocycles. The summed E-state index contributed by atoms with van der Waals surface area (Å²) in [6, 6.07) is 9.12. The van der Waals surface area contributed by atoms with Crippen molar-refractivity contribution in [2.75, 3.05) is 0 Å². The second-order valence-electron chi connectivity index (χ2n) is 3.99. The minimum Gasteiger partial charge on any atom is -0.378 e. The van der Waals surface area contributed by atoms with Crippen LogP contribution in [-0.2, 0) is 16.3 Å². The molecule has 0 saturated heterocycles. The maximum absolute atomic E-state index is 12.8. The van der Waals surface area contributed by atoms with Crippen LogP contribution in [0.2, 0.25) is 5.02 Å². The Morgan fingerprint density at radius 1 is 1.00 bits per heavy atom. The Bertz CT molecular complexity index is 757. The third-order valence-electron chi connectivity index (χ3n) is 2.48. The molecule has 112 valence electrons. The molecule has 0 spiro atoms. The third kappa shape index (κ3) is 3.68. The lowest BCUT2D eigenvalue weighted by molar-refractivity contribution is -0.138. The van der Waals surface area contributed by atoms with Crippen LogP contribution in [0.4, 0.5) is 13.2 Å². The standard InChI is InChI=1S/C13H8ClF3O3S/c14-9-4-3-5-10(8-9)21(18,19)20-12-7-2-1-6-11(12)13(15,16)17/h1-8H. The van der Waals surface area contributed by atoms with Gasteiger partial charge in [0.25, 0.3) is 0 Å². The molecule has 2 rings (SSSR count). The molecule has 0 fully saturated rings. The first-order valence-electron chi connectivity index (χ1n) is 5.56. The van der Waals surface area contributed by atoms with Crippen molar-refractivity contribution in [1.29, 1.82) is 0 Å². The van der Waals surface area contributed by atoms with Crippen LogP contribution in [0, 0.1) is 0 Å². The van der Waals surface area contributed by atoms with Gasteiger partial charge in [-0.2, -0.15) is 21.6 Å². The van der Waals surface area contributed by atoms with Crippen molar-refractivity contribution in [2.45, 2.75) is 11.1 Å². The molecule has 3 nitrogen and oxygen atoms in total. The van der Waals surface area contributed by atoms with E-state index in [4.69, 9.17) is 11.6 Å². The summed E-state index contributed by atoms with van der Waals surface area (Å²) in [5, 5.41) is 0.129. The van der Waals surface area contributed by atoms with Gasteiger partial charge < -0.3 is 4.18 Å². The van der Waals surface area contributed by atoms with E-state index in [1.54, 1.807) is 0 Å². The van der Waals surface area contributed by atoms with Gasteiger partial charge >= 0.3 is 16.3 Å². The molecule has 0 unspecified atom stereocenters. The molecule has 0 aliphatic carbocycles. The average Bonchev–Trinajstić information content (AvgIpc) is 2.37. The summed E-state index contributed by atoms with van der Waals surface area (Å²) in [7, 11) is -4.40. The number of alkyl halides is 3. The topological polar surface area (TPSA) is 43.4 Å². The number of rotatable bonds is 3. The number of hydrogen-bond acceptors (Lipinski definition) is 3. The number of hydrogen-bond donors (Lipinski definition) is 0. The van der Waals surface area contributed by atoms with Crippen LogP contribution in [0.25, 0.3) is 0 Å². The fourth-order valence-electron chi connectivity index (χ4n) is 1.56. The van der Waals surface area contributed by atoms with E-state index in [-0.39, 0.29) is 9.92 Å². The third-order valence-corrected chi connectivity index (χ3v) is 3.94. The molecule has 21 heavy (non-hydrogen) atoms. The Balaban J connectivity index is 2.43. The van der Waals surface area contributed by atoms with E-state index in [1.165, 1.54) is 24.3 Å². The van der Waals surface area contributed by atoms with Gasteiger partial charge in [-0.25, -0.2) is 0 Å². The fourth-order valence-corrected chi connectivity index (χ4v) is 2.81. The van der Waals surface area contributed by atoms with E-state index in [1.807, 2.05) is 0 Å². The van der Waals surface area contributed by atoms with Gasteiger partial charge in [-0.05, 0) is 30.3 Å². The molecule has 2 aromatic rings. The zero-order valence-corrected chi connectivity index (χ0v) is 11.8. The van der Waals surface area contributed by atoms with Crippen LogP contribution in [-0.4, -0.2) is 8.42 Å². The van der Waals surface area contributed by atoms with Crippen LogP contribution >= 0.6 is 11.6 Å². The Morgan fingerprint density at radius 3 is 2.29 bits per heavy atom. The molecule has 0 heterocycles. The van der Waals surface area contributed by atoms with Gasteiger partial charge in [0.05, 0.1) is 5.56 Å². The van der Waals surface area contributed by atoms with Gasteiger partial charge in [-0.15, -0.1) is 0 Å². The number of para-hydroxylation sites is 1. The average molecular weight is 337 g/mol. The normalized spacial score (nSPS) is 12.2. The van der Waals surface area contributed by atoms with Gasteiger partial charge in [-0.1, -0.05) is 29.8 Å². The zero-order chi connectivity index (χ0) is 15.7. The van der Waals surface area contributed by atoms with Crippen molar-refractivity contribution in [3.8, 4) is 5.75 Å². The molecule has 0 atom stereocenters. The van der Waals surface area contributed by atoms with Crippen LogP contribution in [0.5, 0.6) is 5.75 Å². The SMILES string of the molecule is O=S(=O)(Oc1ccccc1C(F)(F)F)c1cccc(Cl)c1. The summed E-state index contributed by atoms with van der Waals surface area (Å²) in [6.07, 6.45) is -4.72. The van der Waals surface area contributed by atoms with E-state index >= 15 is 0 Å². The van der Waals surface area contributed by atoms with Gasteiger partial charge in [0.15, 0.2) is 5.75 Å². The Labute approximate surface area is 124 Å². The highest BCUT2D eigenvalue weighted by Crippen LogP contribution is 2.37. The van der Waals surface area contributed by atoms with Crippen molar-refractivity contribution in [2.24, 2.45) is 0 Å². The minimum absolute atomic E-state index is 0.129. The van der Waals surface area contributed by atoms with Crippen molar-refractivity contribution >= 4 is 21.7 Å². The lowest BCUT2D eigenvalue weighted by atomic mass is 10.2. The lowest BCUT2D eigenvalue weighted by Gasteiger charge is -2.13. The Hall–Kier alpha value is -1.73. The summed E-state index contributed by atoms with van der Waals surface area (Å²) in [6.45, 7) is 0. The summed E-state index contributed by atoms with van der Waals surface area (Å²) in [5.74, 6) is -0.787. The van der Waals surface area contributed by atoms with E-state index in [0.717, 1.165) is 24.3 Å². The highest BCUT2D eigenvalue weighted by molar-refractivity contribution is 7.87. The maximum Gasteiger partial charge on any atom is 0.420 e. The first-order valence-corrected chi connectivity index (χ1v) is 7.35. The van der Waals surface area contributed by atoms with Crippen molar-refractivity contribution in [3.63, 3.8) is 0 Å². The van der Waals surface area contributed by atoms with E-state index in [2.05, 4.69) is 4.18 Å². The quantitative estimate of drug-likeness (QED) is 0.792. The predicted octanol–water partition coefficient (Wildman–Crippen LogP) is 4.13. The van der Waals surface area contributed by atoms with Crippen LogP contribution < -0.4 is 4.18 Å². The molecular weight excluding hydrogens is 329 g/mol. The first kappa shape index (κ1) is 15.7. The number of benzene rings is 2. The first-order chi connectivity index (χ1) is 9.70. The summed E-state index contributed by atoms with van der Waals surface area (Å²) in [5.41, 5.74) is -1.17. The molecule has 0 aliphatic heterocycles. The lowest BCUT2D eigenvalue weighted by Crippen LogP contribution is -2.14. The van der Waals surface area contributed by atoms with E-state index in [9.17, 15) is 21.6 Å². The second kappa shape index (κ2) is 5.57. The molecule has 2 aromatic carbocycles. The van der Waals surface area contributed by atoms with Crippen molar-refractivity contribution < 1.29 is 25.8 Å². The van der Waals surface area contributed by atoms with E-state index in [0.29, 0.717) is 0 Å². The van der Waals surface area contributed by atoms with Gasteiger partial charge in [-0.3, -0.25) is 0 Å². The highest BCUT2D eigenvalue weighted by Gasteiger charge is 2.35. The molecule has 0 N–H and O–H groups in total. The molecule has 8 heteroatoms. The molecule has 0 aliphatic rings. The molecule has 0 amide bonds. The number of halogens is 4. The van der Waals surface area contributed by atoms with Crippen LogP contribution in [0.1, 0.15) is 5.56 Å². The monoisotopic (exact) mass is 336 g/mol. The van der Waals surface area contributed by atoms with Crippen molar-refractivity contribution in [1.82, 2.24) is 0 Å². The zero-order valence-electron chi connectivity index (χ0n) is 10.3. The van der Waals surface area contributed by atoms with Gasteiger partial charge in [0, 0.05) is 5.02 Å². The maximum atomic E-state index is 12.8. The van der Waals surface area contributed by atoms with Gasteiger partial charge in [0.2, 0.25) is 0 Å². The molecular formula is C13H8ClF3O3S.